The smallest absolute Gasteiger partial charge is 0.306 e. The normalized spacial score (nSPS) is 20.6. The molecule has 0 radical (unpaired) electrons. The Bertz CT molecular complexity index is 1020. The van der Waals surface area contributed by atoms with Gasteiger partial charge < -0.3 is 20.6 Å². The van der Waals surface area contributed by atoms with Crippen LogP contribution in [0, 0.1) is 17.2 Å². The van der Waals surface area contributed by atoms with Crippen molar-refractivity contribution < 1.29 is 14.7 Å². The van der Waals surface area contributed by atoms with Crippen molar-refractivity contribution in [3.05, 3.63) is 65.7 Å². The minimum atomic E-state index is -0.709. The molecule has 4 N–H and O–H groups in total. The van der Waals surface area contributed by atoms with Gasteiger partial charge in [-0.3, -0.25) is 15.0 Å². The molecule has 0 unspecified atom stereocenters. The van der Waals surface area contributed by atoms with Crippen molar-refractivity contribution in [3.8, 4) is 0 Å². The molecule has 1 saturated heterocycles. The molecule has 1 heterocycles. The molecule has 1 saturated carbocycles. The quantitative estimate of drug-likeness (QED) is 0.359. The molecule has 7 heteroatoms. The maximum atomic E-state index is 13.8. The number of benzene rings is 2. The van der Waals surface area contributed by atoms with E-state index in [1.54, 1.807) is 0 Å². The second-order valence-corrected chi connectivity index (χ2v) is 10.2. The summed E-state index contributed by atoms with van der Waals surface area (Å²) in [5, 5.41) is 17.0. The van der Waals surface area contributed by atoms with Crippen LogP contribution in [0.3, 0.4) is 0 Å². The summed E-state index contributed by atoms with van der Waals surface area (Å²) in [5.41, 5.74) is 8.66. The van der Waals surface area contributed by atoms with Crippen LogP contribution >= 0.6 is 0 Å². The third-order valence-corrected chi connectivity index (χ3v) is 7.86. The first-order valence-electron chi connectivity index (χ1n) is 13.2. The van der Waals surface area contributed by atoms with Crippen LogP contribution in [0.15, 0.2) is 54.6 Å². The van der Waals surface area contributed by atoms with Gasteiger partial charge in [-0.2, -0.15) is 0 Å². The van der Waals surface area contributed by atoms with Crippen LogP contribution in [-0.4, -0.2) is 53.4 Å². The van der Waals surface area contributed by atoms with E-state index in [1.807, 2.05) is 42.5 Å². The van der Waals surface area contributed by atoms with Crippen molar-refractivity contribution in [1.82, 2.24) is 4.90 Å². The summed E-state index contributed by atoms with van der Waals surface area (Å²) >= 11 is 0. The Hall–Kier alpha value is -3.35. The number of amides is 1. The lowest BCUT2D eigenvalue weighted by atomic mass is 9.84. The fourth-order valence-corrected chi connectivity index (χ4v) is 5.68. The molecule has 192 valence electrons. The number of amidine groups is 1. The molecule has 2 aliphatic rings. The number of carbonyl (C=O) groups excluding carboxylic acids is 1. The number of nitrogen functional groups attached to an aromatic ring is 1. The predicted molar refractivity (Wildman–Crippen MR) is 142 cm³/mol. The Balaban J connectivity index is 1.37. The van der Waals surface area contributed by atoms with Crippen LogP contribution in [-0.2, 0) is 16.0 Å². The zero-order valence-electron chi connectivity index (χ0n) is 20.9. The summed E-state index contributed by atoms with van der Waals surface area (Å²) in [7, 11) is 0. The van der Waals surface area contributed by atoms with Gasteiger partial charge in [0.15, 0.2) is 0 Å². The topological polar surface area (TPSA) is 111 Å². The summed E-state index contributed by atoms with van der Waals surface area (Å²) in [4.78, 5) is 29.6. The predicted octanol–water partition coefficient (Wildman–Crippen LogP) is 4.29. The van der Waals surface area contributed by atoms with Crippen molar-refractivity contribution in [2.24, 2.45) is 17.6 Å². The first kappa shape index (κ1) is 25.7. The molecule has 2 aromatic carbocycles. The number of rotatable bonds is 9. The number of carboxylic acid groups (broad SMARTS) is 1. The minimum absolute atomic E-state index is 0.00617. The summed E-state index contributed by atoms with van der Waals surface area (Å²) in [5.74, 6) is -0.671. The van der Waals surface area contributed by atoms with Gasteiger partial charge in [0.1, 0.15) is 5.84 Å². The Morgan fingerprint density at radius 3 is 2.14 bits per heavy atom. The van der Waals surface area contributed by atoms with E-state index in [-0.39, 0.29) is 29.6 Å². The molecule has 36 heavy (non-hydrogen) atoms. The minimum Gasteiger partial charge on any atom is -0.481 e. The van der Waals surface area contributed by atoms with E-state index in [0.717, 1.165) is 63.8 Å². The monoisotopic (exact) mass is 490 g/mol. The number of hydrogen-bond acceptors (Lipinski definition) is 4. The molecule has 0 bridgehead atoms. The Kier molecular flexibility index (Phi) is 8.62. The lowest BCUT2D eigenvalue weighted by Crippen LogP contribution is -2.48. The highest BCUT2D eigenvalue weighted by Crippen LogP contribution is 2.31. The van der Waals surface area contributed by atoms with Crippen molar-refractivity contribution in [2.75, 3.05) is 24.5 Å². The van der Waals surface area contributed by atoms with Gasteiger partial charge in [-0.15, -0.1) is 0 Å². The molecule has 4 rings (SSSR count). The second-order valence-electron chi connectivity index (χ2n) is 10.2. The van der Waals surface area contributed by atoms with Gasteiger partial charge in [0.25, 0.3) is 0 Å². The van der Waals surface area contributed by atoms with Crippen molar-refractivity contribution in [1.29, 1.82) is 5.41 Å². The molecule has 2 fully saturated rings. The van der Waals surface area contributed by atoms with Gasteiger partial charge in [0, 0.05) is 42.8 Å². The van der Waals surface area contributed by atoms with Gasteiger partial charge in [-0.25, -0.2) is 0 Å². The highest BCUT2D eigenvalue weighted by molar-refractivity contribution is 5.95. The van der Waals surface area contributed by atoms with Crippen LogP contribution in [0.4, 0.5) is 5.69 Å². The maximum Gasteiger partial charge on any atom is 0.306 e. The number of aliphatic carboxylic acids is 1. The number of nitrogens with zero attached hydrogens (tertiary/aromatic N) is 2. The van der Waals surface area contributed by atoms with Crippen LogP contribution in [0.2, 0.25) is 0 Å². The van der Waals surface area contributed by atoms with Gasteiger partial charge in [0.2, 0.25) is 5.91 Å². The molecular weight excluding hydrogens is 452 g/mol. The van der Waals surface area contributed by atoms with Crippen molar-refractivity contribution in [3.63, 3.8) is 0 Å². The molecule has 2 aromatic rings. The van der Waals surface area contributed by atoms with Gasteiger partial charge >= 0.3 is 5.97 Å². The standard InChI is InChI=1S/C29H38N4O3/c30-27(31)22-8-12-25(13-9-22)32-19-16-23(17-20-32)28(34)33(18-4-7-21-5-2-1-3-6-21)26-14-10-24(11-15-26)29(35)36/h1-3,5-6,8-9,12-13,23-24,26H,4,7,10-11,14-20H2,(H3,30,31)(H,35,36)/t24-,26-. The Labute approximate surface area is 213 Å². The fraction of sp³-hybridized carbons (Fsp3) is 0.483. The van der Waals surface area contributed by atoms with Crippen LogP contribution in [0.5, 0.6) is 0 Å². The van der Waals surface area contributed by atoms with E-state index in [0.29, 0.717) is 18.4 Å². The van der Waals surface area contributed by atoms with Gasteiger partial charge in [0.05, 0.1) is 5.92 Å². The van der Waals surface area contributed by atoms with Crippen molar-refractivity contribution >= 4 is 23.4 Å². The van der Waals surface area contributed by atoms with Crippen molar-refractivity contribution in [2.45, 2.75) is 57.4 Å². The zero-order chi connectivity index (χ0) is 25.5. The second kappa shape index (κ2) is 12.1. The number of nitrogens with two attached hydrogens (primary N) is 1. The van der Waals surface area contributed by atoms with E-state index in [9.17, 15) is 14.7 Å². The Morgan fingerprint density at radius 2 is 1.56 bits per heavy atom. The summed E-state index contributed by atoms with van der Waals surface area (Å²) in [6.45, 7) is 2.36. The first-order chi connectivity index (χ1) is 17.4. The third-order valence-electron chi connectivity index (χ3n) is 7.86. The van der Waals surface area contributed by atoms with Crippen LogP contribution in [0.25, 0.3) is 0 Å². The molecule has 0 aromatic heterocycles. The number of carbonyl (C=O) groups is 2. The average molecular weight is 491 g/mol. The number of carboxylic acids is 1. The lowest BCUT2D eigenvalue weighted by molar-refractivity contribution is -0.144. The third kappa shape index (κ3) is 6.45. The maximum absolute atomic E-state index is 13.8. The SMILES string of the molecule is N=C(N)c1ccc(N2CCC(C(=O)N(CCCc3ccccc3)[C@H]3CC[C@H](C(=O)O)CC3)CC2)cc1. The summed E-state index contributed by atoms with van der Waals surface area (Å²) < 4.78 is 0. The Morgan fingerprint density at radius 1 is 0.917 bits per heavy atom. The molecule has 7 nitrogen and oxygen atoms in total. The fourth-order valence-electron chi connectivity index (χ4n) is 5.68. The largest absolute Gasteiger partial charge is 0.481 e. The van der Waals surface area contributed by atoms with Crippen LogP contribution < -0.4 is 10.6 Å². The molecule has 0 spiro atoms. The summed E-state index contributed by atoms with van der Waals surface area (Å²) in [6.07, 6.45) is 6.32. The first-order valence-corrected chi connectivity index (χ1v) is 13.2. The lowest BCUT2D eigenvalue weighted by Gasteiger charge is -2.40. The van der Waals surface area contributed by atoms with E-state index < -0.39 is 5.97 Å². The number of piperidine rings is 1. The molecular formula is C29H38N4O3. The van der Waals surface area contributed by atoms with Gasteiger partial charge in [-0.1, -0.05) is 30.3 Å². The molecule has 1 amide bonds. The number of nitrogens with one attached hydrogen (secondary N) is 1. The van der Waals surface area contributed by atoms with Gasteiger partial charge in [-0.05, 0) is 81.2 Å². The van der Waals surface area contributed by atoms with Crippen LogP contribution in [0.1, 0.15) is 56.1 Å². The number of anilines is 1. The highest BCUT2D eigenvalue weighted by Gasteiger charge is 2.35. The number of hydrogen-bond donors (Lipinski definition) is 3. The van der Waals surface area contributed by atoms with E-state index in [4.69, 9.17) is 11.1 Å². The zero-order valence-corrected chi connectivity index (χ0v) is 20.9. The number of aryl methyl sites for hydroxylation is 1. The van der Waals surface area contributed by atoms with E-state index in [2.05, 4.69) is 21.9 Å². The van der Waals surface area contributed by atoms with E-state index >= 15 is 0 Å². The average Bonchev–Trinajstić information content (AvgIpc) is 2.91. The summed E-state index contributed by atoms with van der Waals surface area (Å²) in [6, 6.07) is 18.2. The molecule has 1 aliphatic carbocycles. The molecule has 0 atom stereocenters. The van der Waals surface area contributed by atoms with E-state index in [1.165, 1.54) is 5.56 Å². The highest BCUT2D eigenvalue weighted by atomic mass is 16.4. The molecule has 1 aliphatic heterocycles.